The van der Waals surface area contributed by atoms with E-state index in [0.717, 1.165) is 31.5 Å². The Morgan fingerprint density at radius 1 is 1.17 bits per heavy atom. The molecule has 3 aromatic rings. The molecule has 0 aliphatic heterocycles. The maximum Gasteiger partial charge on any atom is 0.417 e. The Balaban J connectivity index is 2.60. The number of ether oxygens (including phenoxy) is 1. The van der Waals surface area contributed by atoms with Crippen LogP contribution in [0, 0.1) is 10.1 Å². The highest BCUT2D eigenvalue weighted by Crippen LogP contribution is 2.48. The number of halogens is 5. The number of rotatable bonds is 8. The highest BCUT2D eigenvalue weighted by Gasteiger charge is 2.39. The Morgan fingerprint density at radius 2 is 1.86 bits per heavy atom. The Bertz CT molecular complexity index is 1440. The lowest BCUT2D eigenvalue weighted by Crippen LogP contribution is -2.27. The van der Waals surface area contributed by atoms with Crippen molar-refractivity contribution in [1.29, 1.82) is 0 Å². The minimum Gasteiger partial charge on any atom is -0.390 e. The molecule has 2 aromatic carbocycles. The van der Waals surface area contributed by atoms with E-state index in [0.29, 0.717) is 6.07 Å². The van der Waals surface area contributed by atoms with Gasteiger partial charge in [0.25, 0.3) is 5.69 Å². The average molecular weight is 566 g/mol. The molecule has 2 N–H and O–H groups in total. The molecule has 0 amide bonds. The average Bonchev–Trinajstić information content (AvgIpc) is 2.81. The van der Waals surface area contributed by atoms with Crippen LogP contribution in [0.2, 0.25) is 10.0 Å². The maximum absolute atomic E-state index is 14.3. The van der Waals surface area contributed by atoms with Gasteiger partial charge in [-0.3, -0.25) is 15.1 Å². The summed E-state index contributed by atoms with van der Waals surface area (Å²) in [4.78, 5) is 13.9. The number of alkyl halides is 3. The van der Waals surface area contributed by atoms with Gasteiger partial charge >= 0.3 is 6.18 Å². The summed E-state index contributed by atoms with van der Waals surface area (Å²) in [6.07, 6.45) is -4.05. The molecule has 1 heterocycles. The number of hydrogen-bond acceptors (Lipinski definition) is 7. The van der Waals surface area contributed by atoms with Crippen LogP contribution in [-0.2, 0) is 27.5 Å². The number of sulfonamides is 1. The van der Waals surface area contributed by atoms with Gasteiger partial charge in [0.15, 0.2) is 0 Å². The van der Waals surface area contributed by atoms with Crippen LogP contribution in [0.25, 0.3) is 22.3 Å². The van der Waals surface area contributed by atoms with Crippen LogP contribution in [0.5, 0.6) is 0 Å². The molecule has 0 atom stereocenters. The normalized spacial score (nSPS) is 12.1. The Labute approximate surface area is 212 Å². The fraction of sp³-hybridized carbons (Fsp3) is 0.190. The molecule has 0 bridgehead atoms. The number of aliphatic hydroxyl groups excluding tert-OH is 1. The summed E-state index contributed by atoms with van der Waals surface area (Å²) in [6, 6.07) is 6.04. The topological polar surface area (TPSA) is 132 Å². The van der Waals surface area contributed by atoms with Crippen LogP contribution in [-0.4, -0.2) is 37.3 Å². The van der Waals surface area contributed by atoms with Crippen molar-refractivity contribution >= 4 is 38.9 Å². The van der Waals surface area contributed by atoms with E-state index in [4.69, 9.17) is 23.2 Å². The summed E-state index contributed by atoms with van der Waals surface area (Å²) in [5, 5.41) is 20.9. The van der Waals surface area contributed by atoms with E-state index < -0.39 is 72.5 Å². The van der Waals surface area contributed by atoms with Crippen LogP contribution in [0.3, 0.4) is 0 Å². The number of benzene rings is 2. The van der Waals surface area contributed by atoms with Gasteiger partial charge in [0, 0.05) is 41.1 Å². The van der Waals surface area contributed by atoms with Gasteiger partial charge in [-0.2, -0.15) is 17.9 Å². The maximum atomic E-state index is 14.3. The molecule has 0 saturated carbocycles. The van der Waals surface area contributed by atoms with E-state index in [1.54, 1.807) is 0 Å². The van der Waals surface area contributed by atoms with Crippen molar-refractivity contribution in [3.63, 3.8) is 0 Å². The molecule has 0 aliphatic rings. The molecule has 1 aromatic heterocycles. The Morgan fingerprint density at radius 3 is 2.44 bits per heavy atom. The molecule has 0 fully saturated rings. The van der Waals surface area contributed by atoms with Crippen LogP contribution in [0.1, 0.15) is 11.3 Å². The third-order valence-electron chi connectivity index (χ3n) is 4.94. The number of hydrogen-bond donors (Lipinski definition) is 2. The third kappa shape index (κ3) is 5.45. The van der Waals surface area contributed by atoms with E-state index >= 15 is 0 Å². The number of pyridine rings is 1. The lowest BCUT2D eigenvalue weighted by atomic mass is 9.90. The number of methoxy groups -OCH3 is 1. The monoisotopic (exact) mass is 565 g/mol. The predicted octanol–water partition coefficient (Wildman–Crippen LogP) is 5.02. The molecule has 0 saturated heterocycles. The summed E-state index contributed by atoms with van der Waals surface area (Å²) in [6.45, 7) is -1.52. The smallest absolute Gasteiger partial charge is 0.390 e. The molecule has 3 rings (SSSR count). The van der Waals surface area contributed by atoms with Crippen molar-refractivity contribution in [2.24, 2.45) is 0 Å². The lowest BCUT2D eigenvalue weighted by Gasteiger charge is -2.22. The summed E-state index contributed by atoms with van der Waals surface area (Å²) in [5.74, 6) is 0. The summed E-state index contributed by atoms with van der Waals surface area (Å²) in [5.41, 5.74) is -4.46. The van der Waals surface area contributed by atoms with Crippen LogP contribution < -0.4 is 4.72 Å². The number of nitro groups is 1. The second kappa shape index (κ2) is 10.7. The number of nitrogens with zero attached hydrogens (tertiary/aromatic N) is 2. The minimum atomic E-state index is -5.14. The van der Waals surface area contributed by atoms with Crippen molar-refractivity contribution in [1.82, 2.24) is 9.71 Å². The van der Waals surface area contributed by atoms with Gasteiger partial charge < -0.3 is 9.84 Å². The second-order valence-electron chi connectivity index (χ2n) is 7.13. The van der Waals surface area contributed by atoms with Gasteiger partial charge in [0.05, 0.1) is 38.3 Å². The molecule has 0 unspecified atom stereocenters. The quantitative estimate of drug-likeness (QED) is 0.222. The summed E-state index contributed by atoms with van der Waals surface area (Å²) < 4.78 is 75.6. The lowest BCUT2D eigenvalue weighted by molar-refractivity contribution is -0.384. The van der Waals surface area contributed by atoms with E-state index in [1.807, 2.05) is 4.72 Å². The molecule has 9 nitrogen and oxygen atoms in total. The van der Waals surface area contributed by atoms with E-state index in [9.17, 15) is 36.8 Å². The van der Waals surface area contributed by atoms with Crippen molar-refractivity contribution in [2.45, 2.75) is 17.7 Å². The van der Waals surface area contributed by atoms with Crippen molar-refractivity contribution in [2.75, 3.05) is 13.8 Å². The highest BCUT2D eigenvalue weighted by atomic mass is 35.5. The first kappa shape index (κ1) is 27.8. The Kier molecular flexibility index (Phi) is 8.23. The van der Waals surface area contributed by atoms with Gasteiger partial charge in [-0.1, -0.05) is 29.3 Å². The van der Waals surface area contributed by atoms with Gasteiger partial charge in [0.2, 0.25) is 10.0 Å². The van der Waals surface area contributed by atoms with Crippen LogP contribution in [0.15, 0.2) is 47.5 Å². The van der Waals surface area contributed by atoms with Gasteiger partial charge in [-0.15, -0.1) is 0 Å². The highest BCUT2D eigenvalue weighted by molar-refractivity contribution is 7.89. The summed E-state index contributed by atoms with van der Waals surface area (Å²) >= 11 is 12.1. The Hall–Kier alpha value is -2.81. The number of aromatic nitrogens is 1. The largest absolute Gasteiger partial charge is 0.417 e. The zero-order chi connectivity index (χ0) is 26.8. The van der Waals surface area contributed by atoms with E-state index in [1.165, 1.54) is 12.1 Å². The van der Waals surface area contributed by atoms with Gasteiger partial charge in [-0.05, 0) is 24.3 Å². The third-order valence-corrected chi connectivity index (χ3v) is 6.87. The minimum absolute atomic E-state index is 0.204. The number of nitrogens with one attached hydrogen (secondary N) is 1. The van der Waals surface area contributed by atoms with Gasteiger partial charge in [-0.25, -0.2) is 8.42 Å². The zero-order valence-electron chi connectivity index (χ0n) is 18.1. The van der Waals surface area contributed by atoms with Crippen LogP contribution >= 0.6 is 23.2 Å². The van der Waals surface area contributed by atoms with Crippen molar-refractivity contribution in [3.05, 3.63) is 74.0 Å². The van der Waals surface area contributed by atoms with Gasteiger partial charge in [0.1, 0.15) is 6.73 Å². The fourth-order valence-electron chi connectivity index (χ4n) is 3.53. The second-order valence-corrected chi connectivity index (χ2v) is 9.71. The SMILES string of the molecule is COCNS(=O)(=O)c1cc(Cl)cc(C(F)(F)F)c1-c1c(-c2c(Cl)cccc2[N+](=O)[O-])ccnc1CO. The summed E-state index contributed by atoms with van der Waals surface area (Å²) in [7, 11) is -3.55. The molecular formula is C21H16Cl2F3N3O6S. The molecule has 0 aliphatic carbocycles. The molecule has 0 radical (unpaired) electrons. The number of aliphatic hydroxyl groups is 1. The molecule has 0 spiro atoms. The van der Waals surface area contributed by atoms with Crippen molar-refractivity contribution < 1.29 is 36.4 Å². The molecule has 192 valence electrons. The molecule has 15 heteroatoms. The fourth-order valence-corrected chi connectivity index (χ4v) is 5.28. The first-order chi connectivity index (χ1) is 16.8. The predicted molar refractivity (Wildman–Crippen MR) is 125 cm³/mol. The van der Waals surface area contributed by atoms with Crippen LogP contribution in [0.4, 0.5) is 18.9 Å². The zero-order valence-corrected chi connectivity index (χ0v) is 20.5. The van der Waals surface area contributed by atoms with E-state index in [-0.39, 0.29) is 16.1 Å². The molecular weight excluding hydrogens is 550 g/mol. The standard InChI is InChI=1S/C21H16Cl2F3N3O6S/c1-35-10-28-36(33,34)17-8-11(22)7-13(21(24,25)26)20(17)19-12(5-6-27-15(19)9-30)18-14(23)3-2-4-16(18)29(31)32/h2-8,28,30H,9-10H2,1H3. The van der Waals surface area contributed by atoms with E-state index in [2.05, 4.69) is 9.72 Å². The first-order valence-corrected chi connectivity index (χ1v) is 12.0. The number of nitro benzene ring substituents is 1. The molecule has 36 heavy (non-hydrogen) atoms. The first-order valence-electron chi connectivity index (χ1n) is 9.75. The van der Waals surface area contributed by atoms with Crippen molar-refractivity contribution in [3.8, 4) is 22.3 Å².